The summed E-state index contributed by atoms with van der Waals surface area (Å²) < 4.78 is 0. The minimum atomic E-state index is 0.775. The zero-order valence-electron chi connectivity index (χ0n) is 13.1. The van der Waals surface area contributed by atoms with E-state index in [2.05, 4.69) is 25.5 Å². The molecule has 0 aromatic carbocycles. The molecule has 0 fully saturated rings. The number of nitrogens with zero attached hydrogens (tertiary/aromatic N) is 4. The molecule has 1 aliphatic rings. The molecule has 3 aromatic rings. The Morgan fingerprint density at radius 2 is 2.04 bits per heavy atom. The van der Waals surface area contributed by atoms with Crippen LogP contribution >= 0.6 is 11.3 Å². The molecule has 6 heteroatoms. The van der Waals surface area contributed by atoms with Crippen molar-refractivity contribution in [1.82, 2.24) is 15.0 Å². The van der Waals surface area contributed by atoms with Crippen LogP contribution in [0.2, 0.25) is 0 Å². The molecule has 116 valence electrons. The van der Waals surface area contributed by atoms with Gasteiger partial charge in [0.25, 0.3) is 0 Å². The van der Waals surface area contributed by atoms with Crippen LogP contribution in [0.25, 0.3) is 10.2 Å². The Hall–Kier alpha value is -2.34. The molecule has 3 aromatic heterocycles. The molecule has 0 atom stereocenters. The quantitative estimate of drug-likeness (QED) is 0.589. The Balaban J connectivity index is 1.74. The van der Waals surface area contributed by atoms with Gasteiger partial charge in [-0.05, 0) is 50.8 Å². The third-order valence-corrected chi connectivity index (χ3v) is 5.29. The van der Waals surface area contributed by atoms with Crippen LogP contribution in [0.1, 0.15) is 35.2 Å². The van der Waals surface area contributed by atoms with E-state index in [0.29, 0.717) is 0 Å². The third-order valence-electron chi connectivity index (χ3n) is 4.10. The van der Waals surface area contributed by atoms with Crippen molar-refractivity contribution >= 4 is 33.1 Å². The molecule has 5 nitrogen and oxygen atoms in total. The second-order valence-electron chi connectivity index (χ2n) is 5.70. The minimum Gasteiger partial charge on any atom is -0.265 e. The molecule has 0 amide bonds. The molecule has 23 heavy (non-hydrogen) atoms. The molecule has 0 bridgehead atoms. The number of aryl methyl sites for hydroxylation is 3. The molecule has 0 saturated carbocycles. The maximum Gasteiger partial charge on any atom is 0.159 e. The summed E-state index contributed by atoms with van der Waals surface area (Å²) in [5, 5.41) is 5.67. The Kier molecular flexibility index (Phi) is 3.53. The van der Waals surface area contributed by atoms with Crippen LogP contribution in [0.5, 0.6) is 0 Å². The summed E-state index contributed by atoms with van der Waals surface area (Å²) in [4.78, 5) is 15.7. The second-order valence-corrected chi connectivity index (χ2v) is 6.79. The van der Waals surface area contributed by atoms with Crippen molar-refractivity contribution in [1.29, 1.82) is 0 Å². The van der Waals surface area contributed by atoms with Gasteiger partial charge in [0.2, 0.25) is 0 Å². The summed E-state index contributed by atoms with van der Waals surface area (Å²) in [5.74, 6) is 1.59. The molecule has 1 N–H and O–H groups in total. The number of anilines is 1. The van der Waals surface area contributed by atoms with Crippen LogP contribution in [0.4, 0.5) is 5.82 Å². The van der Waals surface area contributed by atoms with Crippen molar-refractivity contribution in [2.45, 2.75) is 33.1 Å². The van der Waals surface area contributed by atoms with Gasteiger partial charge in [0.05, 0.1) is 11.1 Å². The molecule has 4 rings (SSSR count). The monoisotopic (exact) mass is 323 g/mol. The van der Waals surface area contributed by atoms with E-state index in [9.17, 15) is 0 Å². The van der Waals surface area contributed by atoms with Gasteiger partial charge < -0.3 is 0 Å². The lowest BCUT2D eigenvalue weighted by Crippen LogP contribution is -2.03. The van der Waals surface area contributed by atoms with Gasteiger partial charge >= 0.3 is 0 Å². The van der Waals surface area contributed by atoms with E-state index in [1.165, 1.54) is 16.9 Å². The highest BCUT2D eigenvalue weighted by molar-refractivity contribution is 7.19. The Morgan fingerprint density at radius 3 is 2.87 bits per heavy atom. The number of aromatic nitrogens is 3. The SMILES string of the molecule is C/C(=N/Nc1nc(C)nc2sc3c(c12)CCC3)c1ccncc1. The maximum absolute atomic E-state index is 4.60. The fourth-order valence-electron chi connectivity index (χ4n) is 2.98. The van der Waals surface area contributed by atoms with Crippen LogP contribution < -0.4 is 5.43 Å². The summed E-state index contributed by atoms with van der Waals surface area (Å²) in [6, 6.07) is 3.90. The van der Waals surface area contributed by atoms with Gasteiger partial charge in [0.1, 0.15) is 10.7 Å². The lowest BCUT2D eigenvalue weighted by atomic mass is 10.2. The number of hydrogen-bond donors (Lipinski definition) is 1. The number of pyridine rings is 1. The van der Waals surface area contributed by atoms with Gasteiger partial charge in [-0.3, -0.25) is 10.4 Å². The first-order valence-electron chi connectivity index (χ1n) is 7.72. The summed E-state index contributed by atoms with van der Waals surface area (Å²) in [7, 11) is 0. The molecule has 3 heterocycles. The van der Waals surface area contributed by atoms with Gasteiger partial charge in [-0.25, -0.2) is 9.97 Å². The van der Waals surface area contributed by atoms with Crippen LogP contribution in [-0.2, 0) is 12.8 Å². The molecular weight excluding hydrogens is 306 g/mol. The number of thiophene rings is 1. The first-order valence-corrected chi connectivity index (χ1v) is 8.53. The lowest BCUT2D eigenvalue weighted by molar-refractivity contribution is 0.916. The molecular formula is C17H17N5S. The average molecular weight is 323 g/mol. The van der Waals surface area contributed by atoms with E-state index < -0.39 is 0 Å². The van der Waals surface area contributed by atoms with E-state index in [1.54, 1.807) is 23.7 Å². The molecule has 0 saturated heterocycles. The highest BCUT2D eigenvalue weighted by Gasteiger charge is 2.21. The topological polar surface area (TPSA) is 63.1 Å². The number of hydrazone groups is 1. The van der Waals surface area contributed by atoms with Gasteiger partial charge in [-0.2, -0.15) is 5.10 Å². The fraction of sp³-hybridized carbons (Fsp3) is 0.294. The molecule has 1 aliphatic carbocycles. The zero-order valence-corrected chi connectivity index (χ0v) is 13.9. The van der Waals surface area contributed by atoms with Crippen molar-refractivity contribution in [2.75, 3.05) is 5.43 Å². The lowest BCUT2D eigenvalue weighted by Gasteiger charge is -2.06. The predicted octanol–water partition coefficient (Wildman–Crippen LogP) is 3.72. The van der Waals surface area contributed by atoms with Gasteiger partial charge in [0, 0.05) is 22.8 Å². The first-order chi connectivity index (χ1) is 11.2. The molecule has 0 aliphatic heterocycles. The number of fused-ring (bicyclic) bond motifs is 3. The van der Waals surface area contributed by atoms with E-state index in [0.717, 1.165) is 46.0 Å². The average Bonchev–Trinajstić information content (AvgIpc) is 3.13. The van der Waals surface area contributed by atoms with Crippen molar-refractivity contribution < 1.29 is 0 Å². The van der Waals surface area contributed by atoms with Crippen LogP contribution in [0.15, 0.2) is 29.6 Å². The van der Waals surface area contributed by atoms with E-state index in [-0.39, 0.29) is 0 Å². The highest BCUT2D eigenvalue weighted by Crippen LogP contribution is 2.39. The zero-order chi connectivity index (χ0) is 15.8. The van der Waals surface area contributed by atoms with Gasteiger partial charge in [-0.1, -0.05) is 0 Å². The van der Waals surface area contributed by atoms with E-state index in [4.69, 9.17) is 0 Å². The molecule has 0 radical (unpaired) electrons. The van der Waals surface area contributed by atoms with Crippen LogP contribution in [0.3, 0.4) is 0 Å². The third kappa shape index (κ3) is 2.59. The normalized spacial score (nSPS) is 14.3. The number of rotatable bonds is 3. The van der Waals surface area contributed by atoms with Gasteiger partial charge in [0.15, 0.2) is 5.82 Å². The molecule has 0 unspecified atom stereocenters. The van der Waals surface area contributed by atoms with Crippen molar-refractivity contribution in [3.05, 3.63) is 46.4 Å². The Bertz CT molecular complexity index is 898. The van der Waals surface area contributed by atoms with Crippen molar-refractivity contribution in [3.63, 3.8) is 0 Å². The first kappa shape index (κ1) is 14.3. The smallest absolute Gasteiger partial charge is 0.159 e. The predicted molar refractivity (Wildman–Crippen MR) is 94.2 cm³/mol. The van der Waals surface area contributed by atoms with Crippen LogP contribution in [0, 0.1) is 6.92 Å². The summed E-state index contributed by atoms with van der Waals surface area (Å²) >= 11 is 1.80. The van der Waals surface area contributed by atoms with Crippen LogP contribution in [-0.4, -0.2) is 20.7 Å². The standard InChI is InChI=1S/C17H17N5S/c1-10(12-6-8-18-9-7-12)21-22-16-15-13-4-3-5-14(13)23-17(15)20-11(2)19-16/h6-9H,3-5H2,1-2H3,(H,19,20,22)/b21-10-. The van der Waals surface area contributed by atoms with Crippen molar-refractivity contribution in [3.8, 4) is 0 Å². The van der Waals surface area contributed by atoms with E-state index in [1.807, 2.05) is 26.0 Å². The minimum absolute atomic E-state index is 0.775. The number of hydrogen-bond acceptors (Lipinski definition) is 6. The van der Waals surface area contributed by atoms with E-state index >= 15 is 0 Å². The van der Waals surface area contributed by atoms with Crippen molar-refractivity contribution in [2.24, 2.45) is 5.10 Å². The Labute approximate surface area is 138 Å². The number of nitrogens with one attached hydrogen (secondary N) is 1. The summed E-state index contributed by atoms with van der Waals surface area (Å²) in [6.07, 6.45) is 7.04. The Morgan fingerprint density at radius 1 is 1.22 bits per heavy atom. The molecule has 0 spiro atoms. The highest BCUT2D eigenvalue weighted by atomic mass is 32.1. The largest absolute Gasteiger partial charge is 0.265 e. The summed E-state index contributed by atoms with van der Waals surface area (Å²) in [6.45, 7) is 3.90. The maximum atomic E-state index is 4.60. The summed E-state index contributed by atoms with van der Waals surface area (Å²) in [5.41, 5.74) is 6.52. The van der Waals surface area contributed by atoms with Gasteiger partial charge in [-0.15, -0.1) is 11.3 Å². The second kappa shape index (κ2) is 5.70. The fourth-order valence-corrected chi connectivity index (χ4v) is 4.28.